The molecular formula is C10H12O6. The average Bonchev–Trinajstić information content (AvgIpc) is 2.15. The summed E-state index contributed by atoms with van der Waals surface area (Å²) in [6.07, 6.45) is 2.70. The second kappa shape index (κ2) is 4.34. The number of carboxylic acid groups (broad SMARTS) is 3. The topological polar surface area (TPSA) is 112 Å². The lowest BCUT2D eigenvalue weighted by Crippen LogP contribution is -2.43. The Labute approximate surface area is 91.2 Å². The number of hydrogen-bond donors (Lipinski definition) is 3. The van der Waals surface area contributed by atoms with E-state index >= 15 is 0 Å². The standard InChI is InChI=1S/C10H12O6/c1-4-2-3-5(8(11)12)7(10(15)16)6(4)9(13)14/h2-7H,1H3,(H,11,12)(H,13,14)(H,15,16). The van der Waals surface area contributed by atoms with E-state index in [0.29, 0.717) is 0 Å². The van der Waals surface area contributed by atoms with E-state index in [4.69, 9.17) is 15.3 Å². The van der Waals surface area contributed by atoms with Crippen molar-refractivity contribution in [3.63, 3.8) is 0 Å². The minimum Gasteiger partial charge on any atom is -0.481 e. The number of carbonyl (C=O) groups is 3. The maximum Gasteiger partial charge on any atom is 0.311 e. The monoisotopic (exact) mass is 228 g/mol. The first-order chi connectivity index (χ1) is 7.36. The zero-order valence-electron chi connectivity index (χ0n) is 8.53. The Morgan fingerprint density at radius 1 is 0.875 bits per heavy atom. The molecule has 4 unspecified atom stereocenters. The Kier molecular flexibility index (Phi) is 3.31. The Bertz CT molecular complexity index is 358. The van der Waals surface area contributed by atoms with Gasteiger partial charge in [0.1, 0.15) is 0 Å². The minimum absolute atomic E-state index is 0.491. The molecule has 1 aliphatic rings. The Hall–Kier alpha value is -1.85. The van der Waals surface area contributed by atoms with Gasteiger partial charge in [0.2, 0.25) is 0 Å². The predicted octanol–water partition coefficient (Wildman–Crippen LogP) is 0.295. The van der Waals surface area contributed by atoms with Crippen LogP contribution in [0.25, 0.3) is 0 Å². The molecule has 4 atom stereocenters. The van der Waals surface area contributed by atoms with E-state index in [2.05, 4.69) is 0 Å². The molecule has 0 aromatic rings. The zero-order valence-corrected chi connectivity index (χ0v) is 8.53. The first kappa shape index (κ1) is 12.2. The molecule has 0 spiro atoms. The summed E-state index contributed by atoms with van der Waals surface area (Å²) in [6.45, 7) is 1.56. The van der Waals surface area contributed by atoms with Crippen LogP contribution in [-0.2, 0) is 14.4 Å². The van der Waals surface area contributed by atoms with Crippen LogP contribution in [-0.4, -0.2) is 33.2 Å². The fourth-order valence-corrected chi connectivity index (χ4v) is 2.01. The van der Waals surface area contributed by atoms with Gasteiger partial charge in [-0.3, -0.25) is 14.4 Å². The summed E-state index contributed by atoms with van der Waals surface area (Å²) >= 11 is 0. The molecule has 0 amide bonds. The molecule has 0 radical (unpaired) electrons. The van der Waals surface area contributed by atoms with Gasteiger partial charge in [-0.2, -0.15) is 0 Å². The van der Waals surface area contributed by atoms with Crippen LogP contribution in [0.1, 0.15) is 6.92 Å². The van der Waals surface area contributed by atoms with E-state index in [0.717, 1.165) is 0 Å². The molecule has 0 heterocycles. The normalized spacial score (nSPS) is 33.3. The van der Waals surface area contributed by atoms with Crippen LogP contribution in [0.5, 0.6) is 0 Å². The molecule has 0 fully saturated rings. The van der Waals surface area contributed by atoms with Gasteiger partial charge in [0, 0.05) is 0 Å². The Morgan fingerprint density at radius 3 is 1.75 bits per heavy atom. The number of rotatable bonds is 3. The molecule has 0 bridgehead atoms. The molecule has 6 heteroatoms. The van der Waals surface area contributed by atoms with Gasteiger partial charge in [-0.15, -0.1) is 0 Å². The molecule has 6 nitrogen and oxygen atoms in total. The molecule has 3 N–H and O–H groups in total. The van der Waals surface area contributed by atoms with Crippen molar-refractivity contribution in [2.24, 2.45) is 23.7 Å². The molecule has 0 aromatic heterocycles. The second-order valence-electron chi connectivity index (χ2n) is 3.84. The molecule has 0 aliphatic heterocycles. The van der Waals surface area contributed by atoms with Crippen molar-refractivity contribution < 1.29 is 29.7 Å². The first-order valence-corrected chi connectivity index (χ1v) is 4.73. The third-order valence-electron chi connectivity index (χ3n) is 2.82. The molecular weight excluding hydrogens is 216 g/mol. The molecule has 16 heavy (non-hydrogen) atoms. The van der Waals surface area contributed by atoms with Crippen molar-refractivity contribution in [3.8, 4) is 0 Å². The number of aliphatic carboxylic acids is 3. The van der Waals surface area contributed by atoms with Gasteiger partial charge in [-0.05, 0) is 5.92 Å². The highest BCUT2D eigenvalue weighted by atomic mass is 16.4. The van der Waals surface area contributed by atoms with Gasteiger partial charge in [0.15, 0.2) is 0 Å². The SMILES string of the molecule is CC1C=CC(C(=O)O)C(C(=O)O)C1C(=O)O. The summed E-state index contributed by atoms with van der Waals surface area (Å²) in [4.78, 5) is 32.8. The van der Waals surface area contributed by atoms with E-state index < -0.39 is 41.6 Å². The van der Waals surface area contributed by atoms with E-state index in [1.165, 1.54) is 12.2 Å². The van der Waals surface area contributed by atoms with Gasteiger partial charge in [-0.1, -0.05) is 19.1 Å². The quantitative estimate of drug-likeness (QED) is 0.599. The Balaban J connectivity index is 3.16. The van der Waals surface area contributed by atoms with Gasteiger partial charge < -0.3 is 15.3 Å². The van der Waals surface area contributed by atoms with Crippen LogP contribution < -0.4 is 0 Å². The third kappa shape index (κ3) is 2.05. The molecule has 1 aliphatic carbocycles. The average molecular weight is 228 g/mol. The van der Waals surface area contributed by atoms with Gasteiger partial charge in [-0.25, -0.2) is 0 Å². The minimum atomic E-state index is -1.42. The van der Waals surface area contributed by atoms with Crippen LogP contribution in [0.4, 0.5) is 0 Å². The van der Waals surface area contributed by atoms with Crippen molar-refractivity contribution in [1.29, 1.82) is 0 Å². The number of allylic oxidation sites excluding steroid dienone is 1. The molecule has 0 saturated carbocycles. The largest absolute Gasteiger partial charge is 0.481 e. The van der Waals surface area contributed by atoms with Crippen LogP contribution in [0.3, 0.4) is 0 Å². The van der Waals surface area contributed by atoms with E-state index in [1.54, 1.807) is 6.92 Å². The van der Waals surface area contributed by atoms with Crippen molar-refractivity contribution in [2.75, 3.05) is 0 Å². The number of carboxylic acids is 3. The summed E-state index contributed by atoms with van der Waals surface area (Å²) in [5, 5.41) is 26.7. The van der Waals surface area contributed by atoms with Crippen LogP contribution >= 0.6 is 0 Å². The van der Waals surface area contributed by atoms with Crippen molar-refractivity contribution in [3.05, 3.63) is 12.2 Å². The number of hydrogen-bond acceptors (Lipinski definition) is 3. The fourth-order valence-electron chi connectivity index (χ4n) is 2.01. The highest BCUT2D eigenvalue weighted by Gasteiger charge is 2.46. The van der Waals surface area contributed by atoms with Crippen molar-refractivity contribution in [1.82, 2.24) is 0 Å². The van der Waals surface area contributed by atoms with Gasteiger partial charge >= 0.3 is 17.9 Å². The van der Waals surface area contributed by atoms with Gasteiger partial charge in [0.05, 0.1) is 17.8 Å². The van der Waals surface area contributed by atoms with Gasteiger partial charge in [0.25, 0.3) is 0 Å². The molecule has 88 valence electrons. The lowest BCUT2D eigenvalue weighted by Gasteiger charge is -2.30. The second-order valence-corrected chi connectivity index (χ2v) is 3.84. The smallest absolute Gasteiger partial charge is 0.311 e. The maximum absolute atomic E-state index is 11.0. The highest BCUT2D eigenvalue weighted by molar-refractivity contribution is 5.87. The zero-order chi connectivity index (χ0) is 12.5. The molecule has 1 rings (SSSR count). The van der Waals surface area contributed by atoms with Crippen LogP contribution in [0, 0.1) is 23.7 Å². The Morgan fingerprint density at radius 2 is 1.38 bits per heavy atom. The lowest BCUT2D eigenvalue weighted by atomic mass is 9.71. The van der Waals surface area contributed by atoms with Crippen molar-refractivity contribution >= 4 is 17.9 Å². The third-order valence-corrected chi connectivity index (χ3v) is 2.82. The maximum atomic E-state index is 11.0. The summed E-state index contributed by atoms with van der Waals surface area (Å²) in [5.41, 5.74) is 0. The highest BCUT2D eigenvalue weighted by Crippen LogP contribution is 2.34. The fraction of sp³-hybridized carbons (Fsp3) is 0.500. The first-order valence-electron chi connectivity index (χ1n) is 4.73. The predicted molar refractivity (Wildman–Crippen MR) is 51.7 cm³/mol. The summed E-state index contributed by atoms with van der Waals surface area (Å²) < 4.78 is 0. The van der Waals surface area contributed by atoms with Crippen LogP contribution in [0.15, 0.2) is 12.2 Å². The van der Waals surface area contributed by atoms with E-state index in [1.807, 2.05) is 0 Å². The van der Waals surface area contributed by atoms with E-state index in [9.17, 15) is 14.4 Å². The van der Waals surface area contributed by atoms with E-state index in [-0.39, 0.29) is 0 Å². The molecule has 0 aromatic carbocycles. The molecule has 0 saturated heterocycles. The van der Waals surface area contributed by atoms with Crippen molar-refractivity contribution in [2.45, 2.75) is 6.92 Å². The summed E-state index contributed by atoms with van der Waals surface area (Å²) in [6, 6.07) is 0. The summed E-state index contributed by atoms with van der Waals surface area (Å²) in [5.74, 6) is -8.39. The lowest BCUT2D eigenvalue weighted by molar-refractivity contribution is -0.162. The summed E-state index contributed by atoms with van der Waals surface area (Å²) in [7, 11) is 0. The van der Waals surface area contributed by atoms with Crippen LogP contribution in [0.2, 0.25) is 0 Å².